The van der Waals surface area contributed by atoms with Crippen molar-refractivity contribution in [2.45, 2.75) is 33.4 Å². The van der Waals surface area contributed by atoms with E-state index in [0.29, 0.717) is 31.2 Å². The van der Waals surface area contributed by atoms with E-state index in [-0.39, 0.29) is 29.8 Å². The molecule has 0 atom stereocenters. The third-order valence-electron chi connectivity index (χ3n) is 4.07. The van der Waals surface area contributed by atoms with E-state index >= 15 is 0 Å². The molecule has 0 fully saturated rings. The van der Waals surface area contributed by atoms with Crippen LogP contribution < -0.4 is 10.6 Å². The number of hydrogen-bond acceptors (Lipinski definition) is 4. The molecule has 1 aromatic heterocycles. The summed E-state index contributed by atoms with van der Waals surface area (Å²) in [7, 11) is 3.60. The zero-order valence-electron chi connectivity index (χ0n) is 16.3. The van der Waals surface area contributed by atoms with Crippen molar-refractivity contribution in [3.8, 4) is 0 Å². The van der Waals surface area contributed by atoms with Crippen molar-refractivity contribution >= 4 is 29.9 Å². The maximum Gasteiger partial charge on any atom is 0.191 e. The molecule has 0 radical (unpaired) electrons. The fourth-order valence-electron chi connectivity index (χ4n) is 2.27. The van der Waals surface area contributed by atoms with Crippen LogP contribution in [0.25, 0.3) is 0 Å². The molecule has 0 amide bonds. The molecule has 2 N–H and O–H groups in total. The van der Waals surface area contributed by atoms with Crippen LogP contribution >= 0.6 is 24.0 Å². The highest BCUT2D eigenvalue weighted by Gasteiger charge is 2.06. The highest BCUT2D eigenvalue weighted by molar-refractivity contribution is 14.0. The second-order valence-corrected chi connectivity index (χ2v) is 6.10. The number of guanidine groups is 1. The van der Waals surface area contributed by atoms with Crippen molar-refractivity contribution in [1.82, 2.24) is 25.4 Å². The molecule has 2 aromatic rings. The molecule has 0 aliphatic heterocycles. The number of aliphatic imine (C=N–C) groups is 1. The number of benzene rings is 1. The van der Waals surface area contributed by atoms with Crippen LogP contribution in [0.5, 0.6) is 0 Å². The molecule has 0 bridgehead atoms. The monoisotopic (exact) mass is 490 g/mol. The fraction of sp³-hybridized carbons (Fsp3) is 0.500. The molecule has 0 spiro atoms. The smallest absolute Gasteiger partial charge is 0.191 e. The maximum atomic E-state index is 13.7. The molecule has 0 aliphatic carbocycles. The highest BCUT2D eigenvalue weighted by Crippen LogP contribution is 2.10. The van der Waals surface area contributed by atoms with Crippen LogP contribution in [0, 0.1) is 19.7 Å². The average Bonchev–Trinajstić information content (AvgIpc) is 2.95. The number of aryl methyl sites for hydroxylation is 2. The Morgan fingerprint density at radius 3 is 2.67 bits per heavy atom. The van der Waals surface area contributed by atoms with E-state index in [0.717, 1.165) is 30.2 Å². The van der Waals surface area contributed by atoms with Gasteiger partial charge in [-0.05, 0) is 37.5 Å². The summed E-state index contributed by atoms with van der Waals surface area (Å²) in [4.78, 5) is 4.54. The quantitative estimate of drug-likeness (QED) is 0.258. The Morgan fingerprint density at radius 2 is 2.04 bits per heavy atom. The van der Waals surface area contributed by atoms with Gasteiger partial charge in [-0.25, -0.2) is 9.38 Å². The molecule has 9 heteroatoms. The zero-order valence-corrected chi connectivity index (χ0v) is 18.6. The van der Waals surface area contributed by atoms with Gasteiger partial charge < -0.3 is 19.9 Å². The van der Waals surface area contributed by atoms with Crippen LogP contribution in [0.4, 0.5) is 4.39 Å². The molecule has 0 saturated heterocycles. The Morgan fingerprint density at radius 1 is 1.26 bits per heavy atom. The van der Waals surface area contributed by atoms with Gasteiger partial charge in [-0.2, -0.15) is 0 Å². The van der Waals surface area contributed by atoms with Gasteiger partial charge in [0, 0.05) is 27.3 Å². The van der Waals surface area contributed by atoms with E-state index in [9.17, 15) is 4.39 Å². The summed E-state index contributed by atoms with van der Waals surface area (Å²) in [6, 6.07) is 5.17. The van der Waals surface area contributed by atoms with Gasteiger partial charge in [0.25, 0.3) is 0 Å². The standard InChI is InChI=1S/C18H27FN6O.HI/c1-13-6-7-15(10-16(13)19)11-21-18(20-8-5-9-26-4)22-12-17-24-23-14(2)25(17)3;/h6-7,10H,5,8-9,11-12H2,1-4H3,(H2,20,21,22);1H. The minimum atomic E-state index is -0.213. The van der Waals surface area contributed by atoms with E-state index in [1.54, 1.807) is 20.1 Å². The van der Waals surface area contributed by atoms with Gasteiger partial charge in [-0.1, -0.05) is 12.1 Å². The molecule has 7 nitrogen and oxygen atoms in total. The van der Waals surface area contributed by atoms with Crippen molar-refractivity contribution in [3.05, 3.63) is 46.8 Å². The summed E-state index contributed by atoms with van der Waals surface area (Å²) >= 11 is 0. The van der Waals surface area contributed by atoms with Crippen LogP contribution in [0.3, 0.4) is 0 Å². The van der Waals surface area contributed by atoms with Crippen molar-refractivity contribution in [1.29, 1.82) is 0 Å². The minimum Gasteiger partial charge on any atom is -0.385 e. The van der Waals surface area contributed by atoms with Gasteiger partial charge in [-0.15, -0.1) is 34.2 Å². The summed E-state index contributed by atoms with van der Waals surface area (Å²) in [6.45, 7) is 5.92. The lowest BCUT2D eigenvalue weighted by Crippen LogP contribution is -2.38. The number of hydrogen-bond donors (Lipinski definition) is 2. The molecule has 0 saturated carbocycles. The van der Waals surface area contributed by atoms with E-state index in [1.165, 1.54) is 6.07 Å². The van der Waals surface area contributed by atoms with Crippen LogP contribution in [-0.4, -0.2) is 41.0 Å². The van der Waals surface area contributed by atoms with E-state index in [4.69, 9.17) is 4.74 Å². The molecular weight excluding hydrogens is 462 g/mol. The second-order valence-electron chi connectivity index (χ2n) is 6.10. The molecule has 0 unspecified atom stereocenters. The second kappa shape index (κ2) is 11.9. The number of halogens is 2. The van der Waals surface area contributed by atoms with Crippen LogP contribution in [-0.2, 0) is 24.9 Å². The van der Waals surface area contributed by atoms with Crippen LogP contribution in [0.2, 0.25) is 0 Å². The van der Waals surface area contributed by atoms with Crippen molar-refractivity contribution in [3.63, 3.8) is 0 Å². The zero-order chi connectivity index (χ0) is 18.9. The van der Waals surface area contributed by atoms with Gasteiger partial charge in [0.1, 0.15) is 11.6 Å². The highest BCUT2D eigenvalue weighted by atomic mass is 127. The first-order valence-corrected chi connectivity index (χ1v) is 8.62. The normalized spacial score (nSPS) is 11.2. The molecule has 1 heterocycles. The van der Waals surface area contributed by atoms with E-state index in [2.05, 4.69) is 25.8 Å². The SMILES string of the molecule is COCCCNC(=NCc1ccc(C)c(F)c1)NCc1nnc(C)n1C.I. The van der Waals surface area contributed by atoms with Crippen LogP contribution in [0.1, 0.15) is 29.2 Å². The third kappa shape index (κ3) is 7.41. The van der Waals surface area contributed by atoms with Crippen molar-refractivity contribution in [2.24, 2.45) is 12.0 Å². The summed E-state index contributed by atoms with van der Waals surface area (Å²) in [5.41, 5.74) is 1.45. The Bertz CT molecular complexity index is 749. The summed E-state index contributed by atoms with van der Waals surface area (Å²) in [5, 5.41) is 14.7. The van der Waals surface area contributed by atoms with Gasteiger partial charge in [0.15, 0.2) is 11.8 Å². The van der Waals surface area contributed by atoms with Gasteiger partial charge in [0.2, 0.25) is 0 Å². The Kier molecular flexibility index (Phi) is 10.2. The molecule has 27 heavy (non-hydrogen) atoms. The van der Waals surface area contributed by atoms with Gasteiger partial charge in [0.05, 0.1) is 13.1 Å². The van der Waals surface area contributed by atoms with Gasteiger partial charge in [-0.3, -0.25) is 0 Å². The molecule has 1 aromatic carbocycles. The maximum absolute atomic E-state index is 13.7. The largest absolute Gasteiger partial charge is 0.385 e. The summed E-state index contributed by atoms with van der Waals surface area (Å²) in [6.07, 6.45) is 0.861. The Balaban J connectivity index is 0.00000364. The lowest BCUT2D eigenvalue weighted by atomic mass is 10.1. The number of methoxy groups -OCH3 is 1. The lowest BCUT2D eigenvalue weighted by Gasteiger charge is -2.12. The lowest BCUT2D eigenvalue weighted by molar-refractivity contribution is 0.195. The van der Waals surface area contributed by atoms with Crippen molar-refractivity contribution < 1.29 is 9.13 Å². The van der Waals surface area contributed by atoms with Crippen molar-refractivity contribution in [2.75, 3.05) is 20.3 Å². The molecule has 2 rings (SSSR count). The Labute approximate surface area is 176 Å². The number of ether oxygens (including phenoxy) is 1. The molecular formula is C18H28FIN6O. The van der Waals surface area contributed by atoms with E-state index < -0.39 is 0 Å². The first-order valence-electron chi connectivity index (χ1n) is 8.62. The van der Waals surface area contributed by atoms with Crippen LogP contribution in [0.15, 0.2) is 23.2 Å². The first kappa shape index (κ1) is 23.3. The fourth-order valence-corrected chi connectivity index (χ4v) is 2.27. The Hall–Kier alpha value is -1.75. The predicted molar refractivity (Wildman–Crippen MR) is 115 cm³/mol. The number of rotatable bonds is 8. The average molecular weight is 490 g/mol. The topological polar surface area (TPSA) is 76.4 Å². The summed E-state index contributed by atoms with van der Waals surface area (Å²) < 4.78 is 20.7. The minimum absolute atomic E-state index is 0. The molecule has 0 aliphatic rings. The first-order chi connectivity index (χ1) is 12.5. The predicted octanol–water partition coefficient (Wildman–Crippen LogP) is 2.46. The summed E-state index contributed by atoms with van der Waals surface area (Å²) in [5.74, 6) is 2.09. The molecule has 150 valence electrons. The van der Waals surface area contributed by atoms with E-state index in [1.807, 2.05) is 24.6 Å². The van der Waals surface area contributed by atoms with Gasteiger partial charge >= 0.3 is 0 Å². The third-order valence-corrected chi connectivity index (χ3v) is 4.07. The number of nitrogens with zero attached hydrogens (tertiary/aromatic N) is 4. The number of aromatic nitrogens is 3. The number of nitrogens with one attached hydrogen (secondary N) is 2.